The minimum atomic E-state index is -1.30. The van der Waals surface area contributed by atoms with Gasteiger partial charge in [0.25, 0.3) is 0 Å². The van der Waals surface area contributed by atoms with E-state index in [-0.39, 0.29) is 6.42 Å². The molecule has 0 aromatic heterocycles. The van der Waals surface area contributed by atoms with Gasteiger partial charge >= 0.3 is 11.9 Å². The Bertz CT molecular complexity index is 243. The Balaban J connectivity index is 3.26. The van der Waals surface area contributed by atoms with Gasteiger partial charge in [-0.3, -0.25) is 9.59 Å². The lowest BCUT2D eigenvalue weighted by Crippen LogP contribution is -2.30. The molecule has 0 saturated heterocycles. The Morgan fingerprint density at radius 3 is 2.00 bits per heavy atom. The van der Waals surface area contributed by atoms with Crippen LogP contribution in [0.4, 0.5) is 0 Å². The van der Waals surface area contributed by atoms with Crippen molar-refractivity contribution in [1.82, 2.24) is 5.73 Å². The van der Waals surface area contributed by atoms with Crippen LogP contribution in [0.15, 0.2) is 0 Å². The van der Waals surface area contributed by atoms with Gasteiger partial charge in [-0.2, -0.15) is 0 Å². The predicted molar refractivity (Wildman–Crippen MR) is 78.5 cm³/mol. The number of rotatable bonds is 11. The summed E-state index contributed by atoms with van der Waals surface area (Å²) in [6, 6.07) is -2.12. The number of nitrogens with two attached hydrogens (primary N) is 1. The summed E-state index contributed by atoms with van der Waals surface area (Å²) in [5, 5.41) is 16.9. The Morgan fingerprint density at radius 1 is 1.06 bits per heavy atom. The standard InChI is InChI=1S/C8H14N2O4S4/c9-5(7(11)12)1-3-15-17-18-16-4-2-6(10)8(13)14/h5-6H,1-4,9H2,(H,11,12)(H,13,14). The summed E-state index contributed by atoms with van der Waals surface area (Å²) in [5.74, 6) is -1.01. The molecule has 4 N–H and O–H groups in total. The van der Waals surface area contributed by atoms with Crippen LogP contribution >= 0.6 is 41.2 Å². The highest BCUT2D eigenvalue weighted by Crippen LogP contribution is 2.43. The molecule has 0 aliphatic carbocycles. The number of hydrogen-bond acceptors (Lipinski definition) is 7. The van der Waals surface area contributed by atoms with Crippen LogP contribution in [0.25, 0.3) is 0 Å². The fourth-order valence-electron chi connectivity index (χ4n) is 0.689. The first kappa shape index (κ1) is 18.3. The lowest BCUT2D eigenvalue weighted by molar-refractivity contribution is -0.139. The van der Waals surface area contributed by atoms with Gasteiger partial charge in [-0.15, -0.1) is 5.73 Å². The molecular weight excluding hydrogens is 316 g/mol. The number of carboxylic acid groups (broad SMARTS) is 2. The maximum absolute atomic E-state index is 10.4. The monoisotopic (exact) mass is 330 g/mol. The normalized spacial score (nSPS) is 14.1. The molecule has 2 atom stereocenters. The van der Waals surface area contributed by atoms with E-state index in [4.69, 9.17) is 21.7 Å². The van der Waals surface area contributed by atoms with E-state index in [2.05, 4.69) is 0 Å². The van der Waals surface area contributed by atoms with Crippen molar-refractivity contribution in [1.29, 1.82) is 0 Å². The molecule has 0 aliphatic heterocycles. The first-order chi connectivity index (χ1) is 8.45. The van der Waals surface area contributed by atoms with Crippen molar-refractivity contribution < 1.29 is 19.8 Å². The largest absolute Gasteiger partial charge is 0.480 e. The molecule has 6 nitrogen and oxygen atoms in total. The maximum atomic E-state index is 10.4. The predicted octanol–water partition coefficient (Wildman–Crippen LogP) is 1.38. The molecular formula is C8H14N2O4S4. The van der Waals surface area contributed by atoms with E-state index in [0.29, 0.717) is 17.9 Å². The quantitative estimate of drug-likeness (QED) is 0.380. The van der Waals surface area contributed by atoms with Crippen molar-refractivity contribution in [2.24, 2.45) is 5.73 Å². The van der Waals surface area contributed by atoms with Crippen molar-refractivity contribution in [3.05, 3.63) is 0 Å². The van der Waals surface area contributed by atoms with Crippen LogP contribution < -0.4 is 11.5 Å². The summed E-state index contributed by atoms with van der Waals surface area (Å²) < 4.78 is 0. The van der Waals surface area contributed by atoms with E-state index in [1.54, 1.807) is 0 Å². The van der Waals surface area contributed by atoms with E-state index in [1.165, 1.54) is 41.2 Å². The van der Waals surface area contributed by atoms with Gasteiger partial charge in [0.05, 0.1) is 0 Å². The van der Waals surface area contributed by atoms with Gasteiger partial charge in [-0.05, 0) is 32.5 Å². The molecule has 0 spiro atoms. The summed E-state index contributed by atoms with van der Waals surface area (Å²) >= 11 is 0. The van der Waals surface area contributed by atoms with Crippen LogP contribution in [0, 0.1) is 0 Å². The highest BCUT2D eigenvalue weighted by Gasteiger charge is 2.13. The van der Waals surface area contributed by atoms with Crippen LogP contribution in [0.3, 0.4) is 0 Å². The van der Waals surface area contributed by atoms with Crippen molar-refractivity contribution in [3.8, 4) is 0 Å². The second-order valence-corrected chi connectivity index (χ2v) is 9.40. The summed E-state index contributed by atoms with van der Waals surface area (Å²) in [4.78, 5) is 20.7. The van der Waals surface area contributed by atoms with Gasteiger partial charge in [0, 0.05) is 11.5 Å². The zero-order valence-electron chi connectivity index (χ0n) is 9.35. The van der Waals surface area contributed by atoms with E-state index in [0.717, 1.165) is 0 Å². The average molecular weight is 330 g/mol. The number of carbonyl (C=O) groups is 2. The molecule has 104 valence electrons. The Hall–Kier alpha value is 0.260. The fourth-order valence-corrected chi connectivity index (χ4v) is 6.85. The lowest BCUT2D eigenvalue weighted by Gasteiger charge is -2.05. The van der Waals surface area contributed by atoms with Crippen LogP contribution in [-0.2, 0) is 9.59 Å². The molecule has 0 saturated carbocycles. The molecule has 0 aromatic rings. The minimum Gasteiger partial charge on any atom is -0.480 e. The molecule has 0 bridgehead atoms. The first-order valence-corrected chi connectivity index (χ1v) is 10.1. The van der Waals surface area contributed by atoms with Crippen molar-refractivity contribution in [2.45, 2.75) is 24.9 Å². The van der Waals surface area contributed by atoms with Crippen molar-refractivity contribution >= 4 is 53.2 Å². The molecule has 0 amide bonds. The zero-order valence-corrected chi connectivity index (χ0v) is 12.6. The smallest absolute Gasteiger partial charge is 0.324 e. The Labute approximate surface area is 121 Å². The van der Waals surface area contributed by atoms with E-state index < -0.39 is 24.0 Å². The van der Waals surface area contributed by atoms with Gasteiger partial charge in [0.15, 0.2) is 0 Å². The summed E-state index contributed by atoms with van der Waals surface area (Å²) in [5.41, 5.74) is 14.3. The molecule has 0 aliphatic rings. The molecule has 0 rings (SSSR count). The molecule has 2 radical (unpaired) electrons. The molecule has 2 unspecified atom stereocenters. The third-order valence-electron chi connectivity index (χ3n) is 1.71. The fraction of sp³-hybridized carbons (Fsp3) is 0.750. The molecule has 18 heavy (non-hydrogen) atoms. The number of aliphatic carboxylic acids is 2. The molecule has 0 heterocycles. The Morgan fingerprint density at radius 2 is 1.56 bits per heavy atom. The van der Waals surface area contributed by atoms with E-state index in [1.807, 2.05) is 0 Å². The second kappa shape index (κ2) is 11.1. The topological polar surface area (TPSA) is 123 Å². The SMILES string of the molecule is [N]C(CCSSSSCCC(N)C(=O)O)C(=O)O. The number of carboxylic acids is 2. The zero-order chi connectivity index (χ0) is 14.0. The maximum Gasteiger partial charge on any atom is 0.324 e. The average Bonchev–Trinajstić information content (AvgIpc) is 2.31. The van der Waals surface area contributed by atoms with E-state index in [9.17, 15) is 9.59 Å². The second-order valence-electron chi connectivity index (χ2n) is 3.16. The minimum absolute atomic E-state index is 0.210. The van der Waals surface area contributed by atoms with Crippen LogP contribution in [0.1, 0.15) is 12.8 Å². The van der Waals surface area contributed by atoms with Gasteiger partial charge in [-0.1, -0.05) is 21.6 Å². The molecule has 10 heteroatoms. The van der Waals surface area contributed by atoms with Gasteiger partial charge < -0.3 is 15.9 Å². The van der Waals surface area contributed by atoms with Crippen molar-refractivity contribution in [2.75, 3.05) is 11.5 Å². The summed E-state index contributed by atoms with van der Waals surface area (Å²) in [6.07, 6.45) is 0.623. The number of hydrogen-bond donors (Lipinski definition) is 3. The van der Waals surface area contributed by atoms with Crippen LogP contribution in [0.5, 0.6) is 0 Å². The van der Waals surface area contributed by atoms with E-state index >= 15 is 0 Å². The van der Waals surface area contributed by atoms with Crippen LogP contribution in [-0.4, -0.2) is 45.7 Å². The highest BCUT2D eigenvalue weighted by molar-refractivity contribution is 9.26. The summed E-state index contributed by atoms with van der Waals surface area (Å²) in [6.45, 7) is 0. The first-order valence-electron chi connectivity index (χ1n) is 4.92. The van der Waals surface area contributed by atoms with Gasteiger partial charge in [0.1, 0.15) is 12.1 Å². The van der Waals surface area contributed by atoms with Gasteiger partial charge in [-0.25, -0.2) is 0 Å². The third kappa shape index (κ3) is 10.2. The lowest BCUT2D eigenvalue weighted by atomic mass is 10.2. The third-order valence-corrected chi connectivity index (χ3v) is 8.24. The number of nitrogens with zero attached hydrogens (tertiary/aromatic N) is 1. The highest BCUT2D eigenvalue weighted by atomic mass is 33.7. The van der Waals surface area contributed by atoms with Crippen LogP contribution in [0.2, 0.25) is 0 Å². The van der Waals surface area contributed by atoms with Crippen molar-refractivity contribution in [3.63, 3.8) is 0 Å². The summed E-state index contributed by atoms with van der Waals surface area (Å²) in [7, 11) is 5.91. The molecule has 0 fully saturated rings. The molecule has 0 aromatic carbocycles. The van der Waals surface area contributed by atoms with Gasteiger partial charge in [0.2, 0.25) is 0 Å². The Kier molecular flexibility index (Phi) is 11.3.